The molecule has 1 saturated heterocycles. The third kappa shape index (κ3) is 5.32. The molecule has 0 aliphatic carbocycles. The second kappa shape index (κ2) is 10.2. The van der Waals surface area contributed by atoms with Crippen molar-refractivity contribution in [3.63, 3.8) is 0 Å². The van der Waals surface area contributed by atoms with Crippen LogP contribution in [0.1, 0.15) is 30.9 Å². The van der Waals surface area contributed by atoms with Gasteiger partial charge in [-0.25, -0.2) is 0 Å². The van der Waals surface area contributed by atoms with Crippen LogP contribution in [0, 0.1) is 17.2 Å². The zero-order valence-electron chi connectivity index (χ0n) is 18.8. The number of nitriles is 1. The number of likely N-dealkylation sites (tertiary alicyclic amines) is 1. The number of benzene rings is 2. The maximum absolute atomic E-state index is 12.9. The molecular weight excluding hydrogens is 412 g/mol. The van der Waals surface area contributed by atoms with E-state index < -0.39 is 5.91 Å². The number of carbonyl (C=O) groups excluding carboxylic acids is 2. The monoisotopic (exact) mass is 440 g/mol. The van der Waals surface area contributed by atoms with Gasteiger partial charge < -0.3 is 14.8 Å². The largest absolute Gasteiger partial charge is 0.347 e. The number of fused-ring (bicyclic) bond motifs is 1. The lowest BCUT2D eigenvalue weighted by Crippen LogP contribution is -2.39. The molecule has 1 aliphatic rings. The Morgan fingerprint density at radius 1 is 1.09 bits per heavy atom. The molecule has 3 aromatic rings. The summed E-state index contributed by atoms with van der Waals surface area (Å²) in [4.78, 5) is 27.5. The van der Waals surface area contributed by atoms with Crippen LogP contribution in [0.25, 0.3) is 17.0 Å². The quantitative estimate of drug-likeness (QED) is 0.463. The van der Waals surface area contributed by atoms with E-state index in [0.717, 1.165) is 48.0 Å². The van der Waals surface area contributed by atoms with Crippen LogP contribution >= 0.6 is 0 Å². The van der Waals surface area contributed by atoms with E-state index in [9.17, 15) is 14.9 Å². The van der Waals surface area contributed by atoms with E-state index in [-0.39, 0.29) is 18.0 Å². The Kier molecular flexibility index (Phi) is 6.89. The molecule has 33 heavy (non-hydrogen) atoms. The van der Waals surface area contributed by atoms with Gasteiger partial charge >= 0.3 is 0 Å². The molecule has 168 valence electrons. The number of aromatic nitrogens is 1. The molecule has 0 radical (unpaired) electrons. The number of nitrogens with zero attached hydrogens (tertiary/aromatic N) is 3. The number of para-hydroxylation sites is 1. The van der Waals surface area contributed by atoms with Gasteiger partial charge in [-0.2, -0.15) is 5.26 Å². The Balaban J connectivity index is 1.54. The Hall–Kier alpha value is -3.85. The SMILES string of the molecule is CC1CCN(C(=O)Cn2cc(/C=C(\C#N)C(=O)NCc3ccccc3)c3ccccc32)CC1. The average molecular weight is 441 g/mol. The zero-order chi connectivity index (χ0) is 23.2. The standard InChI is InChI=1S/C27H28N4O2/c1-20-11-13-30(14-12-20)26(32)19-31-18-23(24-9-5-6-10-25(24)31)15-22(16-28)27(33)29-17-21-7-3-2-4-8-21/h2-10,15,18,20H,11-14,17,19H2,1H3,(H,29,33)/b22-15+. The predicted octanol–water partition coefficient (Wildman–Crippen LogP) is 4.12. The Bertz CT molecular complexity index is 1210. The minimum absolute atomic E-state index is 0.0326. The van der Waals surface area contributed by atoms with E-state index in [1.807, 2.05) is 76.3 Å². The number of rotatable bonds is 6. The molecule has 4 rings (SSSR count). The summed E-state index contributed by atoms with van der Waals surface area (Å²) >= 11 is 0. The van der Waals surface area contributed by atoms with E-state index in [2.05, 4.69) is 12.2 Å². The van der Waals surface area contributed by atoms with Crippen LogP contribution < -0.4 is 5.32 Å². The Morgan fingerprint density at radius 2 is 1.79 bits per heavy atom. The van der Waals surface area contributed by atoms with Gasteiger partial charge in [0.2, 0.25) is 5.91 Å². The highest BCUT2D eigenvalue weighted by atomic mass is 16.2. The van der Waals surface area contributed by atoms with Crippen molar-refractivity contribution in [2.45, 2.75) is 32.9 Å². The third-order valence-corrected chi connectivity index (χ3v) is 6.22. The summed E-state index contributed by atoms with van der Waals surface area (Å²) in [6.07, 6.45) is 5.54. The van der Waals surface area contributed by atoms with E-state index in [1.54, 1.807) is 6.08 Å². The molecule has 1 aliphatic heterocycles. The third-order valence-electron chi connectivity index (χ3n) is 6.22. The molecular formula is C27H28N4O2. The molecule has 0 atom stereocenters. The van der Waals surface area contributed by atoms with Crippen LogP contribution in [-0.4, -0.2) is 34.4 Å². The van der Waals surface area contributed by atoms with Gasteiger partial charge in [-0.1, -0.05) is 55.5 Å². The second-order valence-electron chi connectivity index (χ2n) is 8.63. The van der Waals surface area contributed by atoms with Gasteiger partial charge in [-0.05, 0) is 36.5 Å². The fraction of sp³-hybridized carbons (Fsp3) is 0.296. The van der Waals surface area contributed by atoms with Gasteiger partial charge in [0, 0.05) is 42.3 Å². The lowest BCUT2D eigenvalue weighted by molar-refractivity contribution is -0.133. The Labute approximate surface area is 194 Å². The molecule has 1 N–H and O–H groups in total. The van der Waals surface area contributed by atoms with E-state index >= 15 is 0 Å². The van der Waals surface area contributed by atoms with Crippen molar-refractivity contribution in [2.24, 2.45) is 5.92 Å². The van der Waals surface area contributed by atoms with Crippen LogP contribution in [0.5, 0.6) is 0 Å². The average Bonchev–Trinajstić information content (AvgIpc) is 3.19. The normalized spacial score (nSPS) is 14.8. The summed E-state index contributed by atoms with van der Waals surface area (Å²) in [5.41, 5.74) is 2.65. The fourth-order valence-electron chi connectivity index (χ4n) is 4.20. The number of nitrogens with one attached hydrogen (secondary N) is 1. The fourth-order valence-corrected chi connectivity index (χ4v) is 4.20. The van der Waals surface area contributed by atoms with E-state index in [0.29, 0.717) is 12.5 Å². The molecule has 2 aromatic carbocycles. The molecule has 6 heteroatoms. The van der Waals surface area contributed by atoms with Gasteiger partial charge in [0.25, 0.3) is 5.91 Å². The van der Waals surface area contributed by atoms with Gasteiger partial charge in [0.1, 0.15) is 18.2 Å². The van der Waals surface area contributed by atoms with Crippen molar-refractivity contribution in [1.82, 2.24) is 14.8 Å². The Morgan fingerprint density at radius 3 is 2.52 bits per heavy atom. The summed E-state index contributed by atoms with van der Waals surface area (Å²) in [6, 6.07) is 19.3. The smallest absolute Gasteiger partial charge is 0.262 e. The first-order chi connectivity index (χ1) is 16.0. The molecule has 6 nitrogen and oxygen atoms in total. The van der Waals surface area contributed by atoms with Crippen LogP contribution in [0.2, 0.25) is 0 Å². The van der Waals surface area contributed by atoms with Crippen LogP contribution in [0.4, 0.5) is 0 Å². The van der Waals surface area contributed by atoms with Crippen LogP contribution in [-0.2, 0) is 22.7 Å². The summed E-state index contributed by atoms with van der Waals surface area (Å²) < 4.78 is 1.92. The molecule has 0 saturated carbocycles. The van der Waals surface area contributed by atoms with Crippen molar-refractivity contribution >= 4 is 28.8 Å². The van der Waals surface area contributed by atoms with Crippen molar-refractivity contribution in [3.05, 3.63) is 77.5 Å². The molecule has 2 heterocycles. The van der Waals surface area contributed by atoms with Crippen molar-refractivity contribution in [1.29, 1.82) is 5.26 Å². The highest BCUT2D eigenvalue weighted by Gasteiger charge is 2.21. The van der Waals surface area contributed by atoms with E-state index in [1.165, 1.54) is 0 Å². The summed E-state index contributed by atoms with van der Waals surface area (Å²) in [5.74, 6) is 0.339. The van der Waals surface area contributed by atoms with Crippen molar-refractivity contribution < 1.29 is 9.59 Å². The van der Waals surface area contributed by atoms with Gasteiger partial charge in [0.05, 0.1) is 0 Å². The maximum Gasteiger partial charge on any atom is 0.262 e. The second-order valence-corrected chi connectivity index (χ2v) is 8.63. The molecule has 1 aromatic heterocycles. The maximum atomic E-state index is 12.9. The lowest BCUT2D eigenvalue weighted by atomic mass is 9.99. The summed E-state index contributed by atoms with van der Waals surface area (Å²) in [7, 11) is 0. The first-order valence-electron chi connectivity index (χ1n) is 11.3. The lowest BCUT2D eigenvalue weighted by Gasteiger charge is -2.30. The highest BCUT2D eigenvalue weighted by molar-refractivity contribution is 6.04. The molecule has 1 fully saturated rings. The summed E-state index contributed by atoms with van der Waals surface area (Å²) in [6.45, 7) is 4.41. The van der Waals surface area contributed by atoms with Gasteiger partial charge in [-0.3, -0.25) is 9.59 Å². The predicted molar refractivity (Wildman–Crippen MR) is 129 cm³/mol. The summed E-state index contributed by atoms with van der Waals surface area (Å²) in [5, 5.41) is 13.3. The number of hydrogen-bond donors (Lipinski definition) is 1. The van der Waals surface area contributed by atoms with E-state index in [4.69, 9.17) is 0 Å². The first-order valence-corrected chi connectivity index (χ1v) is 11.3. The first kappa shape index (κ1) is 22.3. The van der Waals surface area contributed by atoms with Crippen molar-refractivity contribution in [2.75, 3.05) is 13.1 Å². The van der Waals surface area contributed by atoms with Crippen LogP contribution in [0.3, 0.4) is 0 Å². The number of amides is 2. The highest BCUT2D eigenvalue weighted by Crippen LogP contribution is 2.24. The molecule has 0 spiro atoms. The molecule has 0 unspecified atom stereocenters. The minimum Gasteiger partial charge on any atom is -0.347 e. The number of hydrogen-bond acceptors (Lipinski definition) is 3. The zero-order valence-corrected chi connectivity index (χ0v) is 18.8. The van der Waals surface area contributed by atoms with Crippen LogP contribution in [0.15, 0.2) is 66.4 Å². The molecule has 2 amide bonds. The number of piperidine rings is 1. The number of carbonyl (C=O) groups is 2. The van der Waals surface area contributed by atoms with Crippen molar-refractivity contribution in [3.8, 4) is 6.07 Å². The van der Waals surface area contributed by atoms with Gasteiger partial charge in [0.15, 0.2) is 0 Å². The topological polar surface area (TPSA) is 78.1 Å². The molecule has 0 bridgehead atoms. The minimum atomic E-state index is -0.420. The van der Waals surface area contributed by atoms with Gasteiger partial charge in [-0.15, -0.1) is 0 Å².